The molecule has 2 rings (SSSR count). The van der Waals surface area contributed by atoms with Crippen molar-refractivity contribution in [2.45, 2.75) is 19.5 Å². The van der Waals surface area contributed by atoms with E-state index >= 15 is 0 Å². The fraction of sp³-hybridized carbons (Fsp3) is 0.188. The van der Waals surface area contributed by atoms with E-state index in [2.05, 4.69) is 10.1 Å². The lowest BCUT2D eigenvalue weighted by molar-refractivity contribution is -0.116. The summed E-state index contributed by atoms with van der Waals surface area (Å²) in [4.78, 5) is 11.8. The Hall–Kier alpha value is -2.14. The zero-order valence-corrected chi connectivity index (χ0v) is 12.3. The second-order valence-electron chi connectivity index (χ2n) is 4.58. The zero-order chi connectivity index (χ0) is 15.9. The maximum Gasteiger partial charge on any atom is 0.387 e. The molecule has 0 aromatic heterocycles. The van der Waals surface area contributed by atoms with Crippen molar-refractivity contribution in [3.8, 4) is 5.75 Å². The lowest BCUT2D eigenvalue weighted by Gasteiger charge is -2.07. The molecule has 0 atom stereocenters. The summed E-state index contributed by atoms with van der Waals surface area (Å²) in [6.07, 6.45) is 0.870. The van der Waals surface area contributed by atoms with Gasteiger partial charge in [0.15, 0.2) is 0 Å². The highest BCUT2D eigenvalue weighted by Crippen LogP contribution is 2.18. The maximum absolute atomic E-state index is 12.0. The first-order valence-corrected chi connectivity index (χ1v) is 7.00. The highest BCUT2D eigenvalue weighted by molar-refractivity contribution is 6.30. The molecule has 0 unspecified atom stereocenters. The number of halogens is 3. The normalized spacial score (nSPS) is 10.5. The number of hydrogen-bond acceptors (Lipinski definition) is 2. The third-order valence-corrected chi connectivity index (χ3v) is 3.13. The van der Waals surface area contributed by atoms with Crippen LogP contribution in [0.4, 0.5) is 14.5 Å². The Labute approximate surface area is 131 Å². The first-order chi connectivity index (χ1) is 10.5. The molecule has 0 heterocycles. The average molecular weight is 326 g/mol. The van der Waals surface area contributed by atoms with Crippen molar-refractivity contribution in [3.63, 3.8) is 0 Å². The molecule has 3 nitrogen and oxygen atoms in total. The predicted molar refractivity (Wildman–Crippen MR) is 81.5 cm³/mol. The van der Waals surface area contributed by atoms with Crippen LogP contribution >= 0.6 is 11.6 Å². The van der Waals surface area contributed by atoms with Crippen LogP contribution in [0, 0.1) is 0 Å². The number of carbonyl (C=O) groups excluding carboxylic acids is 1. The van der Waals surface area contributed by atoms with Gasteiger partial charge in [0.05, 0.1) is 0 Å². The summed E-state index contributed by atoms with van der Waals surface area (Å²) >= 11 is 5.87. The van der Waals surface area contributed by atoms with Gasteiger partial charge in [0.2, 0.25) is 5.91 Å². The second-order valence-corrected chi connectivity index (χ2v) is 5.02. The predicted octanol–water partition coefficient (Wildman–Crippen LogP) is 4.51. The van der Waals surface area contributed by atoms with Gasteiger partial charge in [0, 0.05) is 17.1 Å². The van der Waals surface area contributed by atoms with E-state index in [0.29, 0.717) is 23.6 Å². The molecule has 0 aliphatic heterocycles. The number of nitrogens with one attached hydrogen (secondary N) is 1. The van der Waals surface area contributed by atoms with Gasteiger partial charge in [-0.3, -0.25) is 4.79 Å². The number of benzene rings is 2. The van der Waals surface area contributed by atoms with Gasteiger partial charge >= 0.3 is 6.61 Å². The number of anilines is 1. The van der Waals surface area contributed by atoms with Gasteiger partial charge in [-0.25, -0.2) is 0 Å². The Bertz CT molecular complexity index is 632. The summed E-state index contributed by atoms with van der Waals surface area (Å²) in [6.45, 7) is -2.86. The summed E-state index contributed by atoms with van der Waals surface area (Å²) in [6, 6.07) is 13.1. The number of amides is 1. The third kappa shape index (κ3) is 5.33. The molecule has 6 heteroatoms. The van der Waals surface area contributed by atoms with Gasteiger partial charge < -0.3 is 10.1 Å². The van der Waals surface area contributed by atoms with Crippen LogP contribution in [-0.4, -0.2) is 12.5 Å². The minimum absolute atomic E-state index is 0.0481. The number of rotatable bonds is 6. The number of hydrogen-bond donors (Lipinski definition) is 1. The minimum Gasteiger partial charge on any atom is -0.435 e. The number of ether oxygens (including phenoxy) is 1. The molecule has 0 radical (unpaired) electrons. The Morgan fingerprint density at radius 3 is 2.55 bits per heavy atom. The summed E-state index contributed by atoms with van der Waals surface area (Å²) in [5, 5.41) is 3.32. The molecule has 116 valence electrons. The van der Waals surface area contributed by atoms with Crippen LogP contribution < -0.4 is 10.1 Å². The Balaban J connectivity index is 1.84. The number of alkyl halides is 2. The Morgan fingerprint density at radius 1 is 1.18 bits per heavy atom. The molecule has 0 fully saturated rings. The lowest BCUT2D eigenvalue weighted by atomic mass is 10.1. The van der Waals surface area contributed by atoms with E-state index in [9.17, 15) is 13.6 Å². The first-order valence-electron chi connectivity index (χ1n) is 6.62. The monoisotopic (exact) mass is 325 g/mol. The van der Waals surface area contributed by atoms with Crippen molar-refractivity contribution in [1.29, 1.82) is 0 Å². The fourth-order valence-electron chi connectivity index (χ4n) is 1.89. The quantitative estimate of drug-likeness (QED) is 0.848. The molecule has 0 saturated heterocycles. The van der Waals surface area contributed by atoms with Crippen LogP contribution in [0.2, 0.25) is 5.02 Å². The van der Waals surface area contributed by atoms with Gasteiger partial charge in [-0.2, -0.15) is 8.78 Å². The number of aryl methyl sites for hydroxylation is 1. The minimum atomic E-state index is -2.86. The molecule has 0 spiro atoms. The first kappa shape index (κ1) is 16.2. The molecule has 0 bridgehead atoms. The van der Waals surface area contributed by atoms with E-state index in [1.165, 1.54) is 24.3 Å². The van der Waals surface area contributed by atoms with Crippen LogP contribution in [0.5, 0.6) is 5.75 Å². The maximum atomic E-state index is 12.0. The highest BCUT2D eigenvalue weighted by atomic mass is 35.5. The molecule has 0 aliphatic carbocycles. The third-order valence-electron chi connectivity index (χ3n) is 2.89. The summed E-state index contributed by atoms with van der Waals surface area (Å²) < 4.78 is 28.3. The SMILES string of the molecule is O=C(CCc1cccc(Cl)c1)Nc1ccc(OC(F)F)cc1. The zero-order valence-electron chi connectivity index (χ0n) is 11.6. The van der Waals surface area contributed by atoms with Crippen molar-refractivity contribution >= 4 is 23.2 Å². The van der Waals surface area contributed by atoms with Crippen molar-refractivity contribution in [2.75, 3.05) is 5.32 Å². The van der Waals surface area contributed by atoms with Crippen LogP contribution in [0.25, 0.3) is 0 Å². The van der Waals surface area contributed by atoms with Gasteiger partial charge in [-0.15, -0.1) is 0 Å². The topological polar surface area (TPSA) is 38.3 Å². The van der Waals surface area contributed by atoms with Gasteiger partial charge in [-0.05, 0) is 48.4 Å². The molecule has 1 amide bonds. The Morgan fingerprint density at radius 2 is 1.91 bits per heavy atom. The lowest BCUT2D eigenvalue weighted by Crippen LogP contribution is -2.12. The molecule has 0 saturated carbocycles. The van der Waals surface area contributed by atoms with Gasteiger partial charge in [0.25, 0.3) is 0 Å². The van der Waals surface area contributed by atoms with Crippen molar-refractivity contribution in [2.24, 2.45) is 0 Å². The molecule has 2 aromatic carbocycles. The molecule has 2 aromatic rings. The molecule has 22 heavy (non-hydrogen) atoms. The molecule has 0 aliphatic rings. The van der Waals surface area contributed by atoms with Gasteiger partial charge in [0.1, 0.15) is 5.75 Å². The summed E-state index contributed by atoms with van der Waals surface area (Å²) in [5.41, 5.74) is 1.50. The van der Waals surface area contributed by atoms with E-state index in [1.54, 1.807) is 6.07 Å². The highest BCUT2D eigenvalue weighted by Gasteiger charge is 2.06. The standard InChI is InChI=1S/C16H14ClF2NO2/c17-12-3-1-2-11(10-12)4-9-15(21)20-13-5-7-14(8-6-13)22-16(18)19/h1-3,5-8,10,16H,4,9H2,(H,20,21). The summed E-state index contributed by atoms with van der Waals surface area (Å²) in [7, 11) is 0. The van der Waals surface area contributed by atoms with Crippen molar-refractivity contribution in [3.05, 3.63) is 59.1 Å². The largest absolute Gasteiger partial charge is 0.435 e. The van der Waals surface area contributed by atoms with Crippen LogP contribution in [0.3, 0.4) is 0 Å². The van der Waals surface area contributed by atoms with Crippen LogP contribution in [-0.2, 0) is 11.2 Å². The van der Waals surface area contributed by atoms with Gasteiger partial charge in [-0.1, -0.05) is 23.7 Å². The van der Waals surface area contributed by atoms with E-state index in [1.807, 2.05) is 18.2 Å². The van der Waals surface area contributed by atoms with Crippen LogP contribution in [0.15, 0.2) is 48.5 Å². The Kier molecular flexibility index (Phi) is 5.72. The molecular weight excluding hydrogens is 312 g/mol. The van der Waals surface area contributed by atoms with Crippen molar-refractivity contribution in [1.82, 2.24) is 0 Å². The van der Waals surface area contributed by atoms with Crippen LogP contribution in [0.1, 0.15) is 12.0 Å². The molecular formula is C16H14ClF2NO2. The average Bonchev–Trinajstić information content (AvgIpc) is 2.47. The van der Waals surface area contributed by atoms with E-state index in [0.717, 1.165) is 5.56 Å². The van der Waals surface area contributed by atoms with E-state index < -0.39 is 6.61 Å². The molecule has 1 N–H and O–H groups in total. The van der Waals surface area contributed by atoms with E-state index in [4.69, 9.17) is 11.6 Å². The van der Waals surface area contributed by atoms with Crippen molar-refractivity contribution < 1.29 is 18.3 Å². The fourth-order valence-corrected chi connectivity index (χ4v) is 2.11. The second kappa shape index (κ2) is 7.75. The summed E-state index contributed by atoms with van der Waals surface area (Å²) in [5.74, 6) is -0.116. The smallest absolute Gasteiger partial charge is 0.387 e. The van der Waals surface area contributed by atoms with E-state index in [-0.39, 0.29) is 11.7 Å². The number of carbonyl (C=O) groups is 1.